The molecular formula is C19H29N3O. The van der Waals surface area contributed by atoms with Gasteiger partial charge in [0.2, 0.25) is 5.91 Å². The maximum atomic E-state index is 12.6. The molecule has 4 nitrogen and oxygen atoms in total. The first-order valence-corrected chi connectivity index (χ1v) is 9.51. The SMILES string of the molecule is CCC12CC3CC(C1)CC(NCC(=O)N1CCC[C@H]1C#N)(C3)C2. The molecule has 0 radical (unpaired) electrons. The first-order chi connectivity index (χ1) is 11.1. The van der Waals surface area contributed by atoms with Crippen molar-refractivity contribution in [2.45, 2.75) is 76.3 Å². The van der Waals surface area contributed by atoms with Crippen LogP contribution in [0, 0.1) is 28.6 Å². The fraction of sp³-hybridized carbons (Fsp3) is 0.895. The van der Waals surface area contributed by atoms with Crippen molar-refractivity contribution in [2.24, 2.45) is 17.3 Å². The topological polar surface area (TPSA) is 56.1 Å². The number of hydrogen-bond donors (Lipinski definition) is 1. The standard InChI is InChI=1S/C19H29N3O/c1-2-18-7-14-6-15(8-18)10-19(9-14,13-18)21-12-17(23)22-5-3-4-16(22)11-20/h14-16,21H,2-10,12-13H2,1H3/t14?,15?,16-,18?,19?/m0/s1. The molecule has 4 bridgehead atoms. The number of carbonyl (C=O) groups is 1. The lowest BCUT2D eigenvalue weighted by Gasteiger charge is -2.62. The van der Waals surface area contributed by atoms with E-state index in [0.717, 1.165) is 31.2 Å². The number of nitrogens with one attached hydrogen (secondary N) is 1. The van der Waals surface area contributed by atoms with E-state index >= 15 is 0 Å². The van der Waals surface area contributed by atoms with Gasteiger partial charge in [0.25, 0.3) is 0 Å². The van der Waals surface area contributed by atoms with Crippen LogP contribution in [0.1, 0.15) is 64.7 Å². The zero-order chi connectivity index (χ0) is 16.1. The minimum absolute atomic E-state index is 0.135. The first kappa shape index (κ1) is 15.4. The molecule has 0 aromatic carbocycles. The number of hydrogen-bond acceptors (Lipinski definition) is 3. The maximum absolute atomic E-state index is 12.6. The van der Waals surface area contributed by atoms with Gasteiger partial charge in [0.15, 0.2) is 0 Å². The predicted octanol–water partition coefficient (Wildman–Crippen LogP) is 2.84. The highest BCUT2D eigenvalue weighted by molar-refractivity contribution is 5.79. The van der Waals surface area contributed by atoms with E-state index in [9.17, 15) is 10.1 Å². The molecule has 5 aliphatic rings. The van der Waals surface area contributed by atoms with E-state index < -0.39 is 0 Å². The van der Waals surface area contributed by atoms with Gasteiger partial charge in [-0.15, -0.1) is 0 Å². The van der Waals surface area contributed by atoms with Crippen molar-refractivity contribution in [3.05, 3.63) is 0 Å². The third kappa shape index (κ3) is 2.58. The smallest absolute Gasteiger partial charge is 0.237 e. The van der Waals surface area contributed by atoms with Gasteiger partial charge in [-0.1, -0.05) is 13.3 Å². The molecule has 0 spiro atoms. The van der Waals surface area contributed by atoms with Crippen molar-refractivity contribution in [2.75, 3.05) is 13.1 Å². The van der Waals surface area contributed by atoms with E-state index in [1.807, 2.05) is 0 Å². The molecule has 126 valence electrons. The summed E-state index contributed by atoms with van der Waals surface area (Å²) in [5, 5.41) is 12.9. The quantitative estimate of drug-likeness (QED) is 0.868. The summed E-state index contributed by atoms with van der Waals surface area (Å²) in [5.74, 6) is 1.88. The highest BCUT2D eigenvalue weighted by Crippen LogP contribution is 2.62. The minimum Gasteiger partial charge on any atom is -0.326 e. The maximum Gasteiger partial charge on any atom is 0.237 e. The summed E-state index contributed by atoms with van der Waals surface area (Å²) < 4.78 is 0. The van der Waals surface area contributed by atoms with Crippen LogP contribution in [0.5, 0.6) is 0 Å². The highest BCUT2D eigenvalue weighted by atomic mass is 16.2. The molecule has 3 atom stereocenters. The number of nitrogens with zero attached hydrogens (tertiary/aromatic N) is 2. The first-order valence-electron chi connectivity index (χ1n) is 9.51. The third-order valence-electron chi connectivity index (χ3n) is 7.27. The van der Waals surface area contributed by atoms with E-state index in [4.69, 9.17) is 0 Å². The molecule has 1 saturated heterocycles. The third-order valence-corrected chi connectivity index (χ3v) is 7.27. The molecule has 4 heteroatoms. The Balaban J connectivity index is 1.43. The number of likely N-dealkylation sites (tertiary alicyclic amines) is 1. The Morgan fingerprint density at radius 2 is 2.04 bits per heavy atom. The Kier molecular flexibility index (Phi) is 3.68. The molecule has 4 saturated carbocycles. The Labute approximate surface area is 139 Å². The molecule has 1 amide bonds. The number of nitriles is 1. The van der Waals surface area contributed by atoms with E-state index in [1.54, 1.807) is 4.90 Å². The zero-order valence-corrected chi connectivity index (χ0v) is 14.3. The van der Waals surface area contributed by atoms with Gasteiger partial charge in [0.1, 0.15) is 6.04 Å². The molecule has 1 N–H and O–H groups in total. The Bertz CT molecular complexity index is 523. The van der Waals surface area contributed by atoms with Gasteiger partial charge in [-0.25, -0.2) is 0 Å². The van der Waals surface area contributed by atoms with Gasteiger partial charge < -0.3 is 10.2 Å². The molecular weight excluding hydrogens is 286 g/mol. The Hall–Kier alpha value is -1.08. The van der Waals surface area contributed by atoms with E-state index in [0.29, 0.717) is 12.0 Å². The van der Waals surface area contributed by atoms with E-state index in [-0.39, 0.29) is 17.5 Å². The van der Waals surface area contributed by atoms with Crippen molar-refractivity contribution < 1.29 is 4.79 Å². The minimum atomic E-state index is -0.192. The van der Waals surface area contributed by atoms with Crippen LogP contribution in [0.4, 0.5) is 0 Å². The lowest BCUT2D eigenvalue weighted by atomic mass is 9.46. The van der Waals surface area contributed by atoms with Gasteiger partial charge in [-0.2, -0.15) is 5.26 Å². The summed E-state index contributed by atoms with van der Waals surface area (Å²) in [6.07, 6.45) is 11.1. The second-order valence-corrected chi connectivity index (χ2v) is 8.82. The summed E-state index contributed by atoms with van der Waals surface area (Å²) >= 11 is 0. The molecule has 23 heavy (non-hydrogen) atoms. The van der Waals surface area contributed by atoms with Crippen LogP contribution in [0.3, 0.4) is 0 Å². The van der Waals surface area contributed by atoms with Crippen LogP contribution in [-0.2, 0) is 4.79 Å². The Morgan fingerprint density at radius 3 is 2.70 bits per heavy atom. The van der Waals surface area contributed by atoms with Crippen molar-refractivity contribution >= 4 is 5.91 Å². The fourth-order valence-corrected chi connectivity index (χ4v) is 6.64. The van der Waals surface area contributed by atoms with Gasteiger partial charge in [-0.3, -0.25) is 4.79 Å². The van der Waals surface area contributed by atoms with Crippen molar-refractivity contribution in [3.63, 3.8) is 0 Å². The van der Waals surface area contributed by atoms with Gasteiger partial charge in [-0.05, 0) is 68.6 Å². The van der Waals surface area contributed by atoms with Crippen LogP contribution in [0.25, 0.3) is 0 Å². The van der Waals surface area contributed by atoms with E-state index in [2.05, 4.69) is 18.3 Å². The van der Waals surface area contributed by atoms with Gasteiger partial charge in [0.05, 0.1) is 12.6 Å². The van der Waals surface area contributed by atoms with Crippen molar-refractivity contribution in [1.82, 2.24) is 10.2 Å². The highest BCUT2D eigenvalue weighted by Gasteiger charge is 2.56. The second-order valence-electron chi connectivity index (χ2n) is 8.82. The summed E-state index contributed by atoms with van der Waals surface area (Å²) in [4.78, 5) is 14.4. The fourth-order valence-electron chi connectivity index (χ4n) is 6.64. The van der Waals surface area contributed by atoms with Gasteiger partial charge >= 0.3 is 0 Å². The second kappa shape index (κ2) is 5.48. The van der Waals surface area contributed by atoms with Crippen molar-refractivity contribution in [3.8, 4) is 6.07 Å². The van der Waals surface area contributed by atoms with Crippen LogP contribution >= 0.6 is 0 Å². The lowest BCUT2D eigenvalue weighted by Crippen LogP contribution is -2.63. The average Bonchev–Trinajstić information content (AvgIpc) is 3.00. The molecule has 4 aliphatic carbocycles. The van der Waals surface area contributed by atoms with Crippen molar-refractivity contribution in [1.29, 1.82) is 5.26 Å². The molecule has 5 rings (SSSR count). The molecule has 1 aliphatic heterocycles. The molecule has 5 fully saturated rings. The average molecular weight is 315 g/mol. The Morgan fingerprint density at radius 1 is 1.30 bits per heavy atom. The molecule has 0 aromatic heterocycles. The van der Waals surface area contributed by atoms with Gasteiger partial charge in [0, 0.05) is 12.1 Å². The van der Waals surface area contributed by atoms with Crippen LogP contribution in [0.2, 0.25) is 0 Å². The lowest BCUT2D eigenvalue weighted by molar-refractivity contribution is -0.132. The summed E-state index contributed by atoms with van der Waals surface area (Å²) in [6, 6.07) is 2.09. The number of carbonyl (C=O) groups excluding carboxylic acids is 1. The monoisotopic (exact) mass is 315 g/mol. The number of amides is 1. The summed E-state index contributed by atoms with van der Waals surface area (Å²) in [7, 11) is 0. The molecule has 1 heterocycles. The summed E-state index contributed by atoms with van der Waals surface area (Å²) in [5.41, 5.74) is 0.751. The van der Waals surface area contributed by atoms with Crippen LogP contribution in [-0.4, -0.2) is 35.5 Å². The predicted molar refractivity (Wildman–Crippen MR) is 88.5 cm³/mol. The molecule has 0 aromatic rings. The van der Waals surface area contributed by atoms with Crippen LogP contribution < -0.4 is 5.32 Å². The zero-order valence-electron chi connectivity index (χ0n) is 14.3. The molecule has 2 unspecified atom stereocenters. The van der Waals surface area contributed by atoms with E-state index in [1.165, 1.54) is 44.9 Å². The number of rotatable bonds is 4. The largest absolute Gasteiger partial charge is 0.326 e. The normalized spacial score (nSPS) is 44.5. The van der Waals surface area contributed by atoms with Crippen LogP contribution in [0.15, 0.2) is 0 Å². The summed E-state index contributed by atoms with van der Waals surface area (Å²) in [6.45, 7) is 3.54.